The lowest BCUT2D eigenvalue weighted by Crippen LogP contribution is -2.24. The number of amides is 2. The van der Waals surface area contributed by atoms with E-state index in [0.717, 1.165) is 14.8 Å². The minimum Gasteiger partial charge on any atom is -0.341 e. The Bertz CT molecular complexity index is 325. The van der Waals surface area contributed by atoms with Crippen molar-refractivity contribution in [1.29, 1.82) is 0 Å². The summed E-state index contributed by atoms with van der Waals surface area (Å²) in [6.07, 6.45) is 0. The molecule has 2 N–H and O–H groups in total. The van der Waals surface area contributed by atoms with Crippen LogP contribution in [0.25, 0.3) is 0 Å². The molecule has 0 heterocycles. The van der Waals surface area contributed by atoms with Crippen LogP contribution in [-0.4, -0.2) is 13.1 Å². The monoisotopic (exact) mass is 290 g/mol. The molecule has 0 aromatic heterocycles. The molecule has 1 aromatic rings. The fourth-order valence-electron chi connectivity index (χ4n) is 0.928. The van der Waals surface area contributed by atoms with E-state index >= 15 is 0 Å². The lowest BCUT2D eigenvalue weighted by molar-refractivity contribution is 0.254. The van der Waals surface area contributed by atoms with Gasteiger partial charge in [-0.2, -0.15) is 0 Å². The maximum Gasteiger partial charge on any atom is 0.318 e. The first-order valence-electron chi connectivity index (χ1n) is 3.89. The first-order valence-corrected chi connectivity index (χ1v) is 4.97. The van der Waals surface area contributed by atoms with E-state index in [4.69, 9.17) is 0 Å². The number of carbonyl (C=O) groups excluding carboxylic acids is 1. The van der Waals surface area contributed by atoms with Crippen molar-refractivity contribution in [2.45, 2.75) is 6.92 Å². The van der Waals surface area contributed by atoms with Crippen LogP contribution in [0.15, 0.2) is 18.2 Å². The van der Waals surface area contributed by atoms with Crippen molar-refractivity contribution in [2.24, 2.45) is 0 Å². The number of anilines is 1. The lowest BCUT2D eigenvalue weighted by Gasteiger charge is -2.08. The maximum absolute atomic E-state index is 11.0. The molecule has 3 nitrogen and oxygen atoms in total. The highest BCUT2D eigenvalue weighted by Gasteiger charge is 2.03. The van der Waals surface area contributed by atoms with E-state index in [1.54, 1.807) is 7.05 Å². The molecule has 0 aliphatic heterocycles. The van der Waals surface area contributed by atoms with Gasteiger partial charge in [-0.3, -0.25) is 0 Å². The smallest absolute Gasteiger partial charge is 0.318 e. The minimum atomic E-state index is -0.190. The molecule has 0 aliphatic rings. The normalized spacial score (nSPS) is 9.46. The van der Waals surface area contributed by atoms with Gasteiger partial charge < -0.3 is 10.6 Å². The third kappa shape index (κ3) is 2.58. The SMILES string of the molecule is CNC(=O)Nc1cccc(I)c1C. The van der Waals surface area contributed by atoms with Gasteiger partial charge in [0.15, 0.2) is 0 Å². The van der Waals surface area contributed by atoms with E-state index in [9.17, 15) is 4.79 Å². The van der Waals surface area contributed by atoms with Gasteiger partial charge in [-0.15, -0.1) is 0 Å². The van der Waals surface area contributed by atoms with Crippen molar-refractivity contribution in [3.05, 3.63) is 27.3 Å². The maximum atomic E-state index is 11.0. The third-order valence-electron chi connectivity index (χ3n) is 1.74. The number of hydrogen-bond donors (Lipinski definition) is 2. The Morgan fingerprint density at radius 1 is 1.46 bits per heavy atom. The second-order valence-corrected chi connectivity index (χ2v) is 3.78. The molecule has 70 valence electrons. The number of nitrogens with one attached hydrogen (secondary N) is 2. The average Bonchev–Trinajstić information content (AvgIpc) is 2.13. The van der Waals surface area contributed by atoms with Gasteiger partial charge in [0.05, 0.1) is 0 Å². The number of carbonyl (C=O) groups is 1. The van der Waals surface area contributed by atoms with E-state index in [0.29, 0.717) is 0 Å². The molecule has 1 rings (SSSR count). The fourth-order valence-corrected chi connectivity index (χ4v) is 1.43. The second-order valence-electron chi connectivity index (χ2n) is 2.62. The highest BCUT2D eigenvalue weighted by atomic mass is 127. The Morgan fingerprint density at radius 2 is 2.15 bits per heavy atom. The molecule has 0 saturated heterocycles. The van der Waals surface area contributed by atoms with Crippen molar-refractivity contribution < 1.29 is 4.79 Å². The first-order chi connectivity index (χ1) is 6.15. The molecule has 4 heteroatoms. The van der Waals surface area contributed by atoms with Crippen LogP contribution in [0.3, 0.4) is 0 Å². The molecular weight excluding hydrogens is 279 g/mol. The topological polar surface area (TPSA) is 41.1 Å². The minimum absolute atomic E-state index is 0.190. The second kappa shape index (κ2) is 4.45. The Morgan fingerprint density at radius 3 is 2.77 bits per heavy atom. The van der Waals surface area contributed by atoms with Crippen LogP contribution in [0.1, 0.15) is 5.56 Å². The van der Waals surface area contributed by atoms with Crippen molar-refractivity contribution in [3.8, 4) is 0 Å². The average molecular weight is 290 g/mol. The first kappa shape index (κ1) is 10.3. The van der Waals surface area contributed by atoms with Crippen molar-refractivity contribution in [1.82, 2.24) is 5.32 Å². The summed E-state index contributed by atoms with van der Waals surface area (Å²) in [5, 5.41) is 5.25. The zero-order valence-corrected chi connectivity index (χ0v) is 9.68. The Labute approximate surface area is 91.0 Å². The van der Waals surface area contributed by atoms with Crippen molar-refractivity contribution in [2.75, 3.05) is 12.4 Å². The van der Waals surface area contributed by atoms with E-state index in [1.807, 2.05) is 25.1 Å². The van der Waals surface area contributed by atoms with Crippen LogP contribution in [0.4, 0.5) is 10.5 Å². The summed E-state index contributed by atoms with van der Waals surface area (Å²) < 4.78 is 1.14. The molecular formula is C9H11IN2O. The molecule has 0 atom stereocenters. The standard InChI is InChI=1S/C9H11IN2O/c1-6-7(10)4-3-5-8(6)12-9(13)11-2/h3-5H,1-2H3,(H2,11,12,13). The summed E-state index contributed by atoms with van der Waals surface area (Å²) in [5.41, 5.74) is 1.94. The molecule has 0 fully saturated rings. The van der Waals surface area contributed by atoms with Crippen molar-refractivity contribution >= 4 is 34.3 Å². The van der Waals surface area contributed by atoms with E-state index in [1.165, 1.54) is 0 Å². The predicted octanol–water partition coefficient (Wildman–Crippen LogP) is 2.35. The summed E-state index contributed by atoms with van der Waals surface area (Å²) in [6.45, 7) is 1.98. The van der Waals surface area contributed by atoms with Crippen LogP contribution in [-0.2, 0) is 0 Å². The van der Waals surface area contributed by atoms with Crippen LogP contribution < -0.4 is 10.6 Å². The van der Waals surface area contributed by atoms with E-state index < -0.39 is 0 Å². The molecule has 0 unspecified atom stereocenters. The van der Waals surface area contributed by atoms with E-state index in [-0.39, 0.29) is 6.03 Å². The fraction of sp³-hybridized carbons (Fsp3) is 0.222. The predicted molar refractivity (Wildman–Crippen MR) is 62.0 cm³/mol. The van der Waals surface area contributed by atoms with Gasteiger partial charge in [0, 0.05) is 16.3 Å². The summed E-state index contributed by atoms with van der Waals surface area (Å²) >= 11 is 2.24. The molecule has 13 heavy (non-hydrogen) atoms. The molecule has 0 saturated carbocycles. The van der Waals surface area contributed by atoms with Gasteiger partial charge in [-0.25, -0.2) is 4.79 Å². The summed E-state index contributed by atoms with van der Waals surface area (Å²) in [6, 6.07) is 5.61. The van der Waals surface area contributed by atoms with E-state index in [2.05, 4.69) is 33.2 Å². The van der Waals surface area contributed by atoms with Crippen LogP contribution in [0.2, 0.25) is 0 Å². The summed E-state index contributed by atoms with van der Waals surface area (Å²) in [7, 11) is 1.60. The largest absolute Gasteiger partial charge is 0.341 e. The van der Waals surface area contributed by atoms with Crippen LogP contribution >= 0.6 is 22.6 Å². The summed E-state index contributed by atoms with van der Waals surface area (Å²) in [5.74, 6) is 0. The number of benzene rings is 1. The van der Waals surface area contributed by atoms with Gasteiger partial charge in [-0.05, 0) is 47.2 Å². The lowest BCUT2D eigenvalue weighted by atomic mass is 10.2. The Kier molecular flexibility index (Phi) is 3.53. The Balaban J connectivity index is 2.89. The van der Waals surface area contributed by atoms with Crippen LogP contribution in [0.5, 0.6) is 0 Å². The van der Waals surface area contributed by atoms with Gasteiger partial charge in [0.25, 0.3) is 0 Å². The quantitative estimate of drug-likeness (QED) is 0.766. The zero-order chi connectivity index (χ0) is 9.84. The third-order valence-corrected chi connectivity index (χ3v) is 2.91. The summed E-state index contributed by atoms with van der Waals surface area (Å²) in [4.78, 5) is 11.0. The molecule has 0 aliphatic carbocycles. The van der Waals surface area contributed by atoms with Crippen molar-refractivity contribution in [3.63, 3.8) is 0 Å². The molecule has 0 bridgehead atoms. The highest BCUT2D eigenvalue weighted by Crippen LogP contribution is 2.19. The number of hydrogen-bond acceptors (Lipinski definition) is 1. The zero-order valence-electron chi connectivity index (χ0n) is 7.52. The molecule has 2 amide bonds. The number of rotatable bonds is 1. The highest BCUT2D eigenvalue weighted by molar-refractivity contribution is 14.1. The molecule has 0 radical (unpaired) electrons. The Hall–Kier alpha value is -0.780. The van der Waals surface area contributed by atoms with Gasteiger partial charge in [0.2, 0.25) is 0 Å². The van der Waals surface area contributed by atoms with Crippen LogP contribution in [0, 0.1) is 10.5 Å². The van der Waals surface area contributed by atoms with Gasteiger partial charge in [0.1, 0.15) is 0 Å². The molecule has 0 spiro atoms. The number of halogens is 1. The van der Waals surface area contributed by atoms with Gasteiger partial charge >= 0.3 is 6.03 Å². The van der Waals surface area contributed by atoms with Gasteiger partial charge in [-0.1, -0.05) is 6.07 Å². The molecule has 1 aromatic carbocycles. The number of urea groups is 1.